The van der Waals surface area contributed by atoms with Gasteiger partial charge in [0.2, 0.25) is 5.95 Å². The monoisotopic (exact) mass is 628 g/mol. The van der Waals surface area contributed by atoms with Gasteiger partial charge < -0.3 is 29.3 Å². The highest BCUT2D eigenvalue weighted by molar-refractivity contribution is 5.86. The van der Waals surface area contributed by atoms with Gasteiger partial charge in [-0.05, 0) is 61.9 Å². The summed E-state index contributed by atoms with van der Waals surface area (Å²) < 4.78 is 31.9. The first-order chi connectivity index (χ1) is 22.4. The Hall–Kier alpha value is -4.74. The molecule has 0 saturated carbocycles. The van der Waals surface area contributed by atoms with Crippen LogP contribution in [0.1, 0.15) is 30.6 Å². The fourth-order valence-electron chi connectivity index (χ4n) is 5.13. The normalized spacial score (nSPS) is 14.3. The van der Waals surface area contributed by atoms with Gasteiger partial charge in [-0.25, -0.2) is 14.2 Å². The molecule has 0 aliphatic carbocycles. The van der Waals surface area contributed by atoms with Gasteiger partial charge in [0.25, 0.3) is 0 Å². The minimum absolute atomic E-state index is 0.170. The number of rotatable bonds is 13. The second-order valence-corrected chi connectivity index (χ2v) is 11.2. The van der Waals surface area contributed by atoms with Crippen LogP contribution in [0.15, 0.2) is 85.1 Å². The number of amides is 1. The maximum absolute atomic E-state index is 15.0. The van der Waals surface area contributed by atoms with E-state index in [0.29, 0.717) is 23.9 Å². The topological polar surface area (TPSA) is 92.3 Å². The van der Waals surface area contributed by atoms with Crippen LogP contribution < -0.4 is 19.7 Å². The number of benzene rings is 3. The summed E-state index contributed by atoms with van der Waals surface area (Å²) in [4.78, 5) is 28.6. The van der Waals surface area contributed by atoms with E-state index in [2.05, 4.69) is 32.1 Å². The summed E-state index contributed by atoms with van der Waals surface area (Å²) in [7, 11) is 3.72. The van der Waals surface area contributed by atoms with Crippen molar-refractivity contribution in [1.82, 2.24) is 19.8 Å². The van der Waals surface area contributed by atoms with Crippen LogP contribution in [0.3, 0.4) is 0 Å². The maximum Gasteiger partial charge on any atom is 0.416 e. The van der Waals surface area contributed by atoms with Gasteiger partial charge in [0.1, 0.15) is 17.7 Å². The Bertz CT molecular complexity index is 1570. The molecule has 10 nitrogen and oxygen atoms in total. The zero-order valence-corrected chi connectivity index (χ0v) is 26.6. The van der Waals surface area contributed by atoms with Crippen molar-refractivity contribution in [1.29, 1.82) is 0 Å². The molecule has 242 valence electrons. The molecule has 1 saturated heterocycles. The summed E-state index contributed by atoms with van der Waals surface area (Å²) >= 11 is 0. The largest absolute Gasteiger partial charge is 0.497 e. The van der Waals surface area contributed by atoms with Crippen LogP contribution in [0.5, 0.6) is 11.5 Å². The average Bonchev–Trinajstić information content (AvgIpc) is 3.07. The van der Waals surface area contributed by atoms with Crippen molar-refractivity contribution < 1.29 is 23.4 Å². The first kappa shape index (κ1) is 32.6. The van der Waals surface area contributed by atoms with Crippen LogP contribution in [-0.4, -0.2) is 79.3 Å². The molecule has 1 aliphatic heterocycles. The Labute approximate surface area is 269 Å². The Morgan fingerprint density at radius 1 is 1.02 bits per heavy atom. The lowest BCUT2D eigenvalue weighted by Crippen LogP contribution is -2.44. The summed E-state index contributed by atoms with van der Waals surface area (Å²) in [5.74, 6) is 0.874. The first-order valence-electron chi connectivity index (χ1n) is 15.5. The fraction of sp³-hybridized carbons (Fsp3) is 0.343. The summed E-state index contributed by atoms with van der Waals surface area (Å²) in [5, 5.41) is 3.04. The number of aromatic nitrogens is 2. The van der Waals surface area contributed by atoms with Crippen LogP contribution in [0.4, 0.5) is 26.6 Å². The minimum atomic E-state index is -0.580. The van der Waals surface area contributed by atoms with Crippen molar-refractivity contribution in [2.75, 3.05) is 63.7 Å². The molecule has 0 unspecified atom stereocenters. The molecule has 1 amide bonds. The van der Waals surface area contributed by atoms with E-state index in [-0.39, 0.29) is 18.2 Å². The predicted octanol–water partition coefficient (Wildman–Crippen LogP) is 6.29. The second kappa shape index (κ2) is 16.0. The van der Waals surface area contributed by atoms with Crippen LogP contribution in [0.25, 0.3) is 0 Å². The number of likely N-dealkylation sites (N-methyl/N-ethyl adjacent to an activating group) is 1. The van der Waals surface area contributed by atoms with Crippen molar-refractivity contribution in [3.8, 4) is 11.5 Å². The van der Waals surface area contributed by atoms with E-state index >= 15 is 0 Å². The summed E-state index contributed by atoms with van der Waals surface area (Å²) in [5.41, 5.74) is 2.13. The number of carbonyl (C=O) groups excluding carboxylic acids is 1. The molecule has 11 heteroatoms. The van der Waals surface area contributed by atoms with Crippen molar-refractivity contribution in [3.05, 3.63) is 102 Å². The van der Waals surface area contributed by atoms with Crippen molar-refractivity contribution >= 4 is 23.5 Å². The maximum atomic E-state index is 15.0. The van der Waals surface area contributed by atoms with E-state index in [1.807, 2.05) is 61.5 Å². The zero-order valence-electron chi connectivity index (χ0n) is 26.6. The van der Waals surface area contributed by atoms with Crippen LogP contribution >= 0.6 is 0 Å². The van der Waals surface area contributed by atoms with Gasteiger partial charge >= 0.3 is 6.09 Å². The molecule has 3 aromatic carbocycles. The van der Waals surface area contributed by atoms with Gasteiger partial charge in [-0.3, -0.25) is 4.90 Å². The van der Waals surface area contributed by atoms with Gasteiger partial charge in [0, 0.05) is 50.7 Å². The van der Waals surface area contributed by atoms with Crippen molar-refractivity contribution in [2.24, 2.45) is 0 Å². The number of hydrogen-bond acceptors (Lipinski definition) is 9. The quantitative estimate of drug-likeness (QED) is 0.172. The number of methoxy groups -OCH3 is 1. The molecule has 0 radical (unpaired) electrons. The van der Waals surface area contributed by atoms with E-state index in [1.54, 1.807) is 25.3 Å². The Kier molecular flexibility index (Phi) is 11.4. The Balaban J connectivity index is 1.25. The predicted molar refractivity (Wildman–Crippen MR) is 176 cm³/mol. The molecule has 1 N–H and O–H groups in total. The average molecular weight is 629 g/mol. The standard InChI is InChI=1S/C35H41FN6O4/c1-26(28-10-5-4-6-11-28)46-35(43)42(25-27-9-7-12-30(23-27)44-3)33-15-16-37-34(39-33)38-29-13-14-32(31(36)24-29)45-22-8-17-41-20-18-40(2)19-21-41/h4-7,9-16,23-24,26H,8,17-22,25H2,1-3H3,(H,37,38,39)/t26-/m0/s1. The number of ether oxygens (including phenoxy) is 3. The SMILES string of the molecule is COc1cccc(CN(C(=O)O[C@@H](C)c2ccccc2)c2ccnc(Nc3ccc(OCCCN4CCN(C)CC4)c(F)c3)n2)c1. The molecular formula is C35H41FN6O4. The highest BCUT2D eigenvalue weighted by atomic mass is 19.1. The third-order valence-corrected chi connectivity index (χ3v) is 7.82. The molecule has 46 heavy (non-hydrogen) atoms. The number of nitrogens with zero attached hydrogens (tertiary/aromatic N) is 5. The van der Waals surface area contributed by atoms with E-state index in [4.69, 9.17) is 14.2 Å². The van der Waals surface area contributed by atoms with E-state index in [9.17, 15) is 9.18 Å². The summed E-state index contributed by atoms with van der Waals surface area (Å²) in [6.45, 7) is 7.56. The van der Waals surface area contributed by atoms with Crippen LogP contribution in [0.2, 0.25) is 0 Å². The number of halogens is 1. The van der Waals surface area contributed by atoms with E-state index < -0.39 is 18.0 Å². The van der Waals surface area contributed by atoms with Gasteiger partial charge in [0.15, 0.2) is 11.6 Å². The number of nitrogens with one attached hydrogen (secondary N) is 1. The highest BCUT2D eigenvalue weighted by Crippen LogP contribution is 2.26. The van der Waals surface area contributed by atoms with Crippen LogP contribution in [0, 0.1) is 5.82 Å². The second-order valence-electron chi connectivity index (χ2n) is 11.2. The van der Waals surface area contributed by atoms with E-state index in [1.165, 1.54) is 17.2 Å². The van der Waals surface area contributed by atoms with Crippen molar-refractivity contribution in [2.45, 2.75) is 26.0 Å². The smallest absolute Gasteiger partial charge is 0.416 e. The molecule has 1 fully saturated rings. The van der Waals surface area contributed by atoms with Crippen molar-refractivity contribution in [3.63, 3.8) is 0 Å². The number of piperazine rings is 1. The van der Waals surface area contributed by atoms with Gasteiger partial charge in [-0.1, -0.05) is 42.5 Å². The fourth-order valence-corrected chi connectivity index (χ4v) is 5.13. The van der Waals surface area contributed by atoms with Gasteiger partial charge in [-0.15, -0.1) is 0 Å². The highest BCUT2D eigenvalue weighted by Gasteiger charge is 2.23. The number of hydrogen-bond donors (Lipinski definition) is 1. The lowest BCUT2D eigenvalue weighted by atomic mass is 10.1. The molecular weight excluding hydrogens is 587 g/mol. The number of anilines is 3. The Morgan fingerprint density at radius 3 is 2.59 bits per heavy atom. The van der Waals surface area contributed by atoms with E-state index in [0.717, 1.165) is 50.3 Å². The molecule has 0 bridgehead atoms. The molecule has 2 heterocycles. The lowest BCUT2D eigenvalue weighted by Gasteiger charge is -2.32. The third kappa shape index (κ3) is 9.15. The molecule has 0 spiro atoms. The summed E-state index contributed by atoms with van der Waals surface area (Å²) in [6.07, 6.45) is 1.29. The van der Waals surface area contributed by atoms with Gasteiger partial charge in [-0.2, -0.15) is 4.98 Å². The first-order valence-corrected chi connectivity index (χ1v) is 15.5. The molecule has 1 atom stereocenters. The molecule has 5 rings (SSSR count). The third-order valence-electron chi connectivity index (χ3n) is 7.82. The molecule has 1 aromatic heterocycles. The van der Waals surface area contributed by atoms with Gasteiger partial charge in [0.05, 0.1) is 20.3 Å². The zero-order chi connectivity index (χ0) is 32.3. The molecule has 1 aliphatic rings. The molecule has 4 aromatic rings. The Morgan fingerprint density at radius 2 is 1.83 bits per heavy atom. The summed E-state index contributed by atoms with van der Waals surface area (Å²) in [6, 6.07) is 23.2. The lowest BCUT2D eigenvalue weighted by molar-refractivity contribution is 0.113. The number of carbonyl (C=O) groups is 1. The van der Waals surface area contributed by atoms with Crippen LogP contribution in [-0.2, 0) is 11.3 Å². The minimum Gasteiger partial charge on any atom is -0.497 e.